The first-order chi connectivity index (χ1) is 10.8. The SMILES string of the molecule is CC(C)(CNC(=O)c1cnc(C(=O)O)cn1)c1cccc(Cl)c1. The van der Waals surface area contributed by atoms with Crippen molar-refractivity contribution in [3.8, 4) is 0 Å². The lowest BCUT2D eigenvalue weighted by molar-refractivity contribution is 0.0689. The van der Waals surface area contributed by atoms with Gasteiger partial charge in [0.2, 0.25) is 0 Å². The minimum absolute atomic E-state index is 0.0666. The minimum atomic E-state index is -1.19. The van der Waals surface area contributed by atoms with Crippen LogP contribution in [0, 0.1) is 0 Å². The van der Waals surface area contributed by atoms with Crippen LogP contribution in [0.25, 0.3) is 0 Å². The zero-order valence-electron chi connectivity index (χ0n) is 12.7. The van der Waals surface area contributed by atoms with Gasteiger partial charge in [0.25, 0.3) is 5.91 Å². The maximum Gasteiger partial charge on any atom is 0.356 e. The van der Waals surface area contributed by atoms with Gasteiger partial charge in [-0.1, -0.05) is 37.6 Å². The molecule has 0 aliphatic heterocycles. The van der Waals surface area contributed by atoms with Gasteiger partial charge in [0.05, 0.1) is 12.4 Å². The predicted octanol–water partition coefficient (Wildman–Crippen LogP) is 2.54. The number of nitrogens with zero attached hydrogens (tertiary/aromatic N) is 2. The van der Waals surface area contributed by atoms with Gasteiger partial charge < -0.3 is 10.4 Å². The van der Waals surface area contributed by atoms with E-state index in [0.29, 0.717) is 11.6 Å². The smallest absolute Gasteiger partial charge is 0.356 e. The third-order valence-corrected chi connectivity index (χ3v) is 3.64. The second kappa shape index (κ2) is 6.75. The highest BCUT2D eigenvalue weighted by atomic mass is 35.5. The Kier molecular flexibility index (Phi) is 4.95. The molecule has 1 aromatic carbocycles. The molecular formula is C16H16ClN3O3. The molecule has 0 bridgehead atoms. The lowest BCUT2D eigenvalue weighted by Crippen LogP contribution is -2.37. The quantitative estimate of drug-likeness (QED) is 0.877. The highest BCUT2D eigenvalue weighted by Crippen LogP contribution is 2.24. The second-order valence-electron chi connectivity index (χ2n) is 5.67. The van der Waals surface area contributed by atoms with Crippen molar-refractivity contribution in [3.63, 3.8) is 0 Å². The van der Waals surface area contributed by atoms with Gasteiger partial charge >= 0.3 is 5.97 Å². The molecule has 0 radical (unpaired) electrons. The molecular weight excluding hydrogens is 318 g/mol. The zero-order chi connectivity index (χ0) is 17.0. The van der Waals surface area contributed by atoms with Crippen LogP contribution >= 0.6 is 11.6 Å². The average molecular weight is 334 g/mol. The number of carboxylic acid groups (broad SMARTS) is 1. The monoisotopic (exact) mass is 333 g/mol. The maximum atomic E-state index is 12.1. The Labute approximate surface area is 138 Å². The van der Waals surface area contributed by atoms with Crippen LogP contribution in [-0.2, 0) is 5.41 Å². The van der Waals surface area contributed by atoms with E-state index in [1.165, 1.54) is 0 Å². The van der Waals surface area contributed by atoms with Gasteiger partial charge in [0.15, 0.2) is 5.69 Å². The Morgan fingerprint density at radius 1 is 1.22 bits per heavy atom. The third kappa shape index (κ3) is 4.26. The van der Waals surface area contributed by atoms with Crippen molar-refractivity contribution < 1.29 is 14.7 Å². The van der Waals surface area contributed by atoms with Crippen LogP contribution in [0.5, 0.6) is 0 Å². The van der Waals surface area contributed by atoms with E-state index in [4.69, 9.17) is 16.7 Å². The summed E-state index contributed by atoms with van der Waals surface area (Å²) < 4.78 is 0. The molecule has 1 amide bonds. The van der Waals surface area contributed by atoms with E-state index in [9.17, 15) is 9.59 Å². The minimum Gasteiger partial charge on any atom is -0.476 e. The predicted molar refractivity (Wildman–Crippen MR) is 85.8 cm³/mol. The zero-order valence-corrected chi connectivity index (χ0v) is 13.5. The van der Waals surface area contributed by atoms with Gasteiger partial charge in [-0.15, -0.1) is 0 Å². The summed E-state index contributed by atoms with van der Waals surface area (Å²) >= 11 is 6.00. The molecule has 0 spiro atoms. The van der Waals surface area contributed by atoms with Crippen molar-refractivity contribution in [2.45, 2.75) is 19.3 Å². The van der Waals surface area contributed by atoms with Crippen LogP contribution in [0.15, 0.2) is 36.7 Å². The molecule has 2 aromatic rings. The normalized spacial score (nSPS) is 11.1. The number of carbonyl (C=O) groups is 2. The first kappa shape index (κ1) is 16.9. The van der Waals surface area contributed by atoms with Gasteiger partial charge in [0, 0.05) is 17.0 Å². The summed E-state index contributed by atoms with van der Waals surface area (Å²) in [7, 11) is 0. The van der Waals surface area contributed by atoms with Crippen LogP contribution in [-0.4, -0.2) is 33.5 Å². The summed E-state index contributed by atoms with van der Waals surface area (Å²) in [6.45, 7) is 4.34. The summed E-state index contributed by atoms with van der Waals surface area (Å²) in [5.41, 5.74) is 0.532. The molecule has 120 valence electrons. The molecule has 0 saturated carbocycles. The summed E-state index contributed by atoms with van der Waals surface area (Å²) in [6.07, 6.45) is 2.20. The average Bonchev–Trinajstić information content (AvgIpc) is 2.53. The van der Waals surface area contributed by atoms with E-state index in [1.807, 2.05) is 32.0 Å². The third-order valence-electron chi connectivity index (χ3n) is 3.40. The van der Waals surface area contributed by atoms with Gasteiger partial charge in [-0.2, -0.15) is 0 Å². The number of rotatable bonds is 5. The molecule has 2 N–H and O–H groups in total. The van der Waals surface area contributed by atoms with E-state index in [2.05, 4.69) is 15.3 Å². The van der Waals surface area contributed by atoms with E-state index < -0.39 is 11.9 Å². The van der Waals surface area contributed by atoms with Gasteiger partial charge in [-0.3, -0.25) is 4.79 Å². The molecule has 23 heavy (non-hydrogen) atoms. The molecule has 0 saturated heterocycles. The Hall–Kier alpha value is -2.47. The Morgan fingerprint density at radius 2 is 1.87 bits per heavy atom. The number of carbonyl (C=O) groups excluding carboxylic acids is 1. The van der Waals surface area contributed by atoms with Gasteiger partial charge in [-0.05, 0) is 17.7 Å². The second-order valence-corrected chi connectivity index (χ2v) is 6.11. The maximum absolute atomic E-state index is 12.1. The summed E-state index contributed by atoms with van der Waals surface area (Å²) in [6, 6.07) is 7.45. The van der Waals surface area contributed by atoms with Crippen molar-refractivity contribution in [2.24, 2.45) is 0 Å². The summed E-state index contributed by atoms with van der Waals surface area (Å²) in [4.78, 5) is 30.3. The Balaban J connectivity index is 2.04. The molecule has 6 nitrogen and oxygen atoms in total. The highest BCUT2D eigenvalue weighted by Gasteiger charge is 2.22. The van der Waals surface area contributed by atoms with E-state index in [0.717, 1.165) is 18.0 Å². The number of amides is 1. The molecule has 0 fully saturated rings. The molecule has 1 aromatic heterocycles. The first-order valence-electron chi connectivity index (χ1n) is 6.89. The lowest BCUT2D eigenvalue weighted by atomic mass is 9.84. The number of aromatic carboxylic acids is 1. The van der Waals surface area contributed by atoms with Crippen LogP contribution in [0.4, 0.5) is 0 Å². The number of halogens is 1. The van der Waals surface area contributed by atoms with Crippen LogP contribution in [0.2, 0.25) is 5.02 Å². The first-order valence-corrected chi connectivity index (χ1v) is 7.27. The fourth-order valence-electron chi connectivity index (χ4n) is 1.96. The molecule has 1 heterocycles. The number of hydrogen-bond acceptors (Lipinski definition) is 4. The largest absolute Gasteiger partial charge is 0.476 e. The molecule has 0 aliphatic carbocycles. The summed E-state index contributed by atoms with van der Waals surface area (Å²) in [5, 5.41) is 12.2. The van der Waals surface area contributed by atoms with E-state index in [1.54, 1.807) is 6.07 Å². The van der Waals surface area contributed by atoms with Crippen molar-refractivity contribution in [1.82, 2.24) is 15.3 Å². The summed E-state index contributed by atoms with van der Waals surface area (Å²) in [5.74, 6) is -1.60. The molecule has 0 unspecified atom stereocenters. The highest BCUT2D eigenvalue weighted by molar-refractivity contribution is 6.30. The lowest BCUT2D eigenvalue weighted by Gasteiger charge is -2.25. The molecule has 7 heteroatoms. The number of carboxylic acids is 1. The topological polar surface area (TPSA) is 92.2 Å². The fraction of sp³-hybridized carbons (Fsp3) is 0.250. The van der Waals surface area contributed by atoms with Crippen molar-refractivity contribution in [2.75, 3.05) is 6.54 Å². The molecule has 2 rings (SSSR count). The van der Waals surface area contributed by atoms with E-state index in [-0.39, 0.29) is 16.8 Å². The standard InChI is InChI=1S/C16H16ClN3O3/c1-16(2,10-4-3-5-11(17)6-10)9-20-14(21)12-7-19-13(8-18-12)15(22)23/h3-8H,9H2,1-2H3,(H,20,21)(H,22,23). The van der Waals surface area contributed by atoms with Crippen molar-refractivity contribution >= 4 is 23.5 Å². The van der Waals surface area contributed by atoms with Crippen molar-refractivity contribution in [3.05, 3.63) is 58.6 Å². The number of aromatic nitrogens is 2. The molecule has 0 aliphatic rings. The number of hydrogen-bond donors (Lipinski definition) is 2. The Morgan fingerprint density at radius 3 is 2.43 bits per heavy atom. The van der Waals surface area contributed by atoms with E-state index >= 15 is 0 Å². The fourth-order valence-corrected chi connectivity index (χ4v) is 2.15. The number of nitrogens with one attached hydrogen (secondary N) is 1. The van der Waals surface area contributed by atoms with Crippen LogP contribution in [0.1, 0.15) is 40.4 Å². The van der Waals surface area contributed by atoms with Crippen molar-refractivity contribution in [1.29, 1.82) is 0 Å². The number of benzene rings is 1. The van der Waals surface area contributed by atoms with Gasteiger partial charge in [-0.25, -0.2) is 14.8 Å². The molecule has 0 atom stereocenters. The van der Waals surface area contributed by atoms with Crippen LogP contribution < -0.4 is 5.32 Å². The van der Waals surface area contributed by atoms with Gasteiger partial charge in [0.1, 0.15) is 5.69 Å². The Bertz CT molecular complexity index is 730. The van der Waals surface area contributed by atoms with Crippen LogP contribution in [0.3, 0.4) is 0 Å².